The molecule has 0 aliphatic carbocycles. The van der Waals surface area contributed by atoms with Gasteiger partial charge in [0.15, 0.2) is 0 Å². The van der Waals surface area contributed by atoms with Gasteiger partial charge in [0.2, 0.25) is 0 Å². The van der Waals surface area contributed by atoms with Crippen LogP contribution in [0.1, 0.15) is 26.5 Å². The molecular weight excluding hydrogens is 403 g/mol. The maximum absolute atomic E-state index is 12.4. The van der Waals surface area contributed by atoms with Crippen LogP contribution < -0.4 is 10.6 Å². The monoisotopic (exact) mass is 418 g/mol. The van der Waals surface area contributed by atoms with Gasteiger partial charge in [0.05, 0.1) is 10.0 Å². The van der Waals surface area contributed by atoms with Crippen LogP contribution in [0.4, 0.5) is 11.5 Å². The van der Waals surface area contributed by atoms with E-state index in [1.54, 1.807) is 44.4 Å². The minimum Gasteiger partial charge on any atom is -0.478 e. The molecule has 9 heteroatoms. The number of carbonyl (C=O) groups is 2. The molecule has 0 saturated carbocycles. The number of aromatic amines is 1. The molecule has 0 saturated heterocycles. The summed E-state index contributed by atoms with van der Waals surface area (Å²) in [5, 5.41) is 15.3. The number of aromatic carboxylic acids is 1. The van der Waals surface area contributed by atoms with E-state index in [1.807, 2.05) is 0 Å². The second-order valence-corrected chi connectivity index (χ2v) is 6.72. The van der Waals surface area contributed by atoms with E-state index >= 15 is 0 Å². The number of aryl methyl sites for hydroxylation is 1. The van der Waals surface area contributed by atoms with Gasteiger partial charge in [-0.15, -0.1) is 0 Å². The Hall–Kier alpha value is -3.03. The number of rotatable bonds is 5. The Morgan fingerprint density at radius 1 is 1.11 bits per heavy atom. The summed E-state index contributed by atoms with van der Waals surface area (Å²) in [4.78, 5) is 30.7. The molecule has 7 nitrogen and oxygen atoms in total. The van der Waals surface area contributed by atoms with Gasteiger partial charge in [-0.1, -0.05) is 35.3 Å². The number of hydrogen-bond donors (Lipinski definition) is 4. The summed E-state index contributed by atoms with van der Waals surface area (Å²) in [6.07, 6.45) is 1.58. The highest BCUT2D eigenvalue weighted by atomic mass is 35.5. The van der Waals surface area contributed by atoms with E-state index in [4.69, 9.17) is 23.2 Å². The van der Waals surface area contributed by atoms with Crippen molar-refractivity contribution in [2.75, 3.05) is 17.7 Å². The highest BCUT2D eigenvalue weighted by molar-refractivity contribution is 6.44. The number of benzene rings is 1. The summed E-state index contributed by atoms with van der Waals surface area (Å²) in [6, 6.07) is 8.45. The van der Waals surface area contributed by atoms with E-state index in [0.717, 1.165) is 5.56 Å². The van der Waals surface area contributed by atoms with Gasteiger partial charge in [0, 0.05) is 30.2 Å². The molecule has 3 rings (SSSR count). The molecule has 0 aliphatic heterocycles. The van der Waals surface area contributed by atoms with Crippen LogP contribution in [-0.4, -0.2) is 34.0 Å². The standard InChI is InChI=1S/C19H16Cl2N4O3/c1-9-14(20)15(21)16(24-9)18(26)25-12-5-3-10(4-6-12)11-7-13(19(27)28)17(22-2)23-8-11/h3-8,24H,1-2H3,(H,22,23)(H,25,26)(H,27,28). The summed E-state index contributed by atoms with van der Waals surface area (Å²) in [7, 11) is 1.61. The summed E-state index contributed by atoms with van der Waals surface area (Å²) in [5.41, 5.74) is 2.82. The number of aromatic nitrogens is 2. The van der Waals surface area contributed by atoms with E-state index in [9.17, 15) is 14.7 Å². The van der Waals surface area contributed by atoms with E-state index in [1.165, 1.54) is 6.07 Å². The first-order valence-corrected chi connectivity index (χ1v) is 8.93. The molecule has 0 spiro atoms. The number of halogens is 2. The van der Waals surface area contributed by atoms with E-state index in [0.29, 0.717) is 22.0 Å². The first-order chi connectivity index (χ1) is 13.3. The Balaban J connectivity index is 1.82. The van der Waals surface area contributed by atoms with Crippen LogP contribution in [0.2, 0.25) is 10.0 Å². The lowest BCUT2D eigenvalue weighted by atomic mass is 10.0. The van der Waals surface area contributed by atoms with Crippen LogP contribution in [0, 0.1) is 6.92 Å². The molecule has 0 atom stereocenters. The number of carboxylic acids is 1. The third-order valence-electron chi connectivity index (χ3n) is 4.11. The largest absolute Gasteiger partial charge is 0.478 e. The number of carboxylic acid groups (broad SMARTS) is 1. The van der Waals surface area contributed by atoms with E-state index in [-0.39, 0.29) is 22.1 Å². The molecule has 2 aromatic heterocycles. The van der Waals surface area contributed by atoms with Crippen molar-refractivity contribution in [1.82, 2.24) is 9.97 Å². The number of carbonyl (C=O) groups excluding carboxylic acids is 1. The van der Waals surface area contributed by atoms with Gasteiger partial charge >= 0.3 is 5.97 Å². The van der Waals surface area contributed by atoms with Gasteiger partial charge in [-0.25, -0.2) is 9.78 Å². The smallest absolute Gasteiger partial charge is 0.339 e. The molecule has 28 heavy (non-hydrogen) atoms. The molecule has 1 aromatic carbocycles. The Bertz CT molecular complexity index is 1060. The SMILES string of the molecule is CNc1ncc(-c2ccc(NC(=O)c3[nH]c(C)c(Cl)c3Cl)cc2)cc1C(=O)O. The number of hydrogen-bond acceptors (Lipinski definition) is 4. The second kappa shape index (κ2) is 7.92. The molecular formula is C19H16Cl2N4O3. The maximum Gasteiger partial charge on any atom is 0.339 e. The Morgan fingerprint density at radius 3 is 2.32 bits per heavy atom. The topological polar surface area (TPSA) is 107 Å². The predicted molar refractivity (Wildman–Crippen MR) is 110 cm³/mol. The molecule has 0 unspecified atom stereocenters. The van der Waals surface area contributed by atoms with Gasteiger partial charge in [0.25, 0.3) is 5.91 Å². The highest BCUT2D eigenvalue weighted by Gasteiger charge is 2.18. The Morgan fingerprint density at radius 2 is 1.79 bits per heavy atom. The lowest BCUT2D eigenvalue weighted by Crippen LogP contribution is -2.12. The van der Waals surface area contributed by atoms with Crippen LogP contribution in [-0.2, 0) is 0 Å². The summed E-state index contributed by atoms with van der Waals surface area (Å²) < 4.78 is 0. The lowest BCUT2D eigenvalue weighted by molar-refractivity contribution is 0.0697. The van der Waals surface area contributed by atoms with E-state index in [2.05, 4.69) is 20.6 Å². The zero-order chi connectivity index (χ0) is 20.4. The summed E-state index contributed by atoms with van der Waals surface area (Å²) >= 11 is 12.1. The van der Waals surface area contributed by atoms with Crippen molar-refractivity contribution in [2.45, 2.75) is 6.92 Å². The molecule has 2 heterocycles. The highest BCUT2D eigenvalue weighted by Crippen LogP contribution is 2.30. The number of amides is 1. The van der Waals surface area contributed by atoms with Crippen LogP contribution >= 0.6 is 23.2 Å². The summed E-state index contributed by atoms with van der Waals surface area (Å²) in [5.74, 6) is -1.20. The fourth-order valence-corrected chi connectivity index (χ4v) is 3.07. The predicted octanol–water partition coefficient (Wildman–Crippen LogP) is 4.68. The zero-order valence-corrected chi connectivity index (χ0v) is 16.4. The number of nitrogens with one attached hydrogen (secondary N) is 3. The van der Waals surface area contributed by atoms with Crippen molar-refractivity contribution in [3.8, 4) is 11.1 Å². The fraction of sp³-hybridized carbons (Fsp3) is 0.105. The summed E-state index contributed by atoms with van der Waals surface area (Å²) in [6.45, 7) is 1.72. The van der Waals surface area contributed by atoms with Crippen LogP contribution in [0.3, 0.4) is 0 Å². The van der Waals surface area contributed by atoms with Gasteiger partial charge < -0.3 is 20.7 Å². The third-order valence-corrected chi connectivity index (χ3v) is 5.06. The van der Waals surface area contributed by atoms with Crippen molar-refractivity contribution in [3.63, 3.8) is 0 Å². The molecule has 3 aromatic rings. The maximum atomic E-state index is 12.4. The number of nitrogens with zero attached hydrogens (tertiary/aromatic N) is 1. The number of pyridine rings is 1. The molecule has 144 valence electrons. The average Bonchev–Trinajstić information content (AvgIpc) is 2.95. The quantitative estimate of drug-likeness (QED) is 0.480. The van der Waals surface area contributed by atoms with Crippen LogP contribution in [0.25, 0.3) is 11.1 Å². The van der Waals surface area contributed by atoms with Gasteiger partial charge in [-0.05, 0) is 30.7 Å². The number of H-pyrrole nitrogens is 1. The van der Waals surface area contributed by atoms with Crippen molar-refractivity contribution in [1.29, 1.82) is 0 Å². The average molecular weight is 419 g/mol. The third kappa shape index (κ3) is 3.81. The lowest BCUT2D eigenvalue weighted by Gasteiger charge is -2.09. The van der Waals surface area contributed by atoms with Crippen LogP contribution in [0.5, 0.6) is 0 Å². The first-order valence-electron chi connectivity index (χ1n) is 8.18. The molecule has 0 bridgehead atoms. The minimum atomic E-state index is -1.07. The van der Waals surface area contributed by atoms with Gasteiger partial charge in [-0.3, -0.25) is 4.79 Å². The van der Waals surface area contributed by atoms with Crippen LogP contribution in [0.15, 0.2) is 36.5 Å². The fourth-order valence-electron chi connectivity index (χ4n) is 2.65. The van der Waals surface area contributed by atoms with Crippen molar-refractivity contribution >= 4 is 46.6 Å². The second-order valence-electron chi connectivity index (χ2n) is 5.96. The van der Waals surface area contributed by atoms with Crippen molar-refractivity contribution in [2.24, 2.45) is 0 Å². The minimum absolute atomic E-state index is 0.0750. The van der Waals surface area contributed by atoms with E-state index < -0.39 is 11.9 Å². The molecule has 4 N–H and O–H groups in total. The van der Waals surface area contributed by atoms with Crippen molar-refractivity contribution in [3.05, 3.63) is 63.5 Å². The Labute approximate surface area is 170 Å². The van der Waals surface area contributed by atoms with Gasteiger partial charge in [-0.2, -0.15) is 0 Å². The number of anilines is 2. The molecule has 0 radical (unpaired) electrons. The Kier molecular flexibility index (Phi) is 5.58. The molecule has 0 fully saturated rings. The van der Waals surface area contributed by atoms with Gasteiger partial charge in [0.1, 0.15) is 17.1 Å². The normalized spacial score (nSPS) is 10.6. The molecule has 0 aliphatic rings. The van der Waals surface area contributed by atoms with Crippen molar-refractivity contribution < 1.29 is 14.7 Å². The first kappa shape index (κ1) is 19.7. The molecule has 1 amide bonds. The zero-order valence-electron chi connectivity index (χ0n) is 14.9.